The lowest BCUT2D eigenvalue weighted by molar-refractivity contribution is -0.138. The highest BCUT2D eigenvalue weighted by Gasteiger charge is 2.52. The summed E-state index contributed by atoms with van der Waals surface area (Å²) in [6.07, 6.45) is 7.53. The van der Waals surface area contributed by atoms with Crippen LogP contribution in [0, 0.1) is 5.92 Å². The van der Waals surface area contributed by atoms with Gasteiger partial charge in [0.2, 0.25) is 5.91 Å². The van der Waals surface area contributed by atoms with Gasteiger partial charge in [0.05, 0.1) is 24.5 Å². The summed E-state index contributed by atoms with van der Waals surface area (Å²) in [6, 6.07) is 5.27. The minimum atomic E-state index is -0.779. The predicted octanol–water partition coefficient (Wildman–Crippen LogP) is 1.32. The molecule has 0 unspecified atom stereocenters. The van der Waals surface area contributed by atoms with E-state index in [2.05, 4.69) is 10.8 Å². The van der Waals surface area contributed by atoms with E-state index in [0.717, 1.165) is 5.69 Å². The summed E-state index contributed by atoms with van der Waals surface area (Å²) in [5, 5.41) is 4.40. The number of amides is 3. The number of anilines is 1. The van der Waals surface area contributed by atoms with Crippen molar-refractivity contribution in [2.45, 2.75) is 44.8 Å². The summed E-state index contributed by atoms with van der Waals surface area (Å²) in [5.74, 6) is -0.917. The van der Waals surface area contributed by atoms with Gasteiger partial charge in [0, 0.05) is 43.7 Å². The molecular formula is C28H34N6O5. The molecule has 4 aliphatic rings. The van der Waals surface area contributed by atoms with Gasteiger partial charge in [0.15, 0.2) is 5.78 Å². The molecule has 5 rings (SSSR count). The van der Waals surface area contributed by atoms with E-state index >= 15 is 0 Å². The molecule has 3 amide bonds. The van der Waals surface area contributed by atoms with Crippen molar-refractivity contribution in [2.75, 3.05) is 32.1 Å². The van der Waals surface area contributed by atoms with Crippen LogP contribution in [0.4, 0.5) is 5.69 Å². The Bertz CT molecular complexity index is 1270. The maximum atomic E-state index is 13.8. The second-order valence-electron chi connectivity index (χ2n) is 10.8. The number of nitrogens with one attached hydrogen (secondary N) is 2. The van der Waals surface area contributed by atoms with Crippen LogP contribution in [-0.4, -0.2) is 83.7 Å². The number of hydroxylamine groups is 3. The summed E-state index contributed by atoms with van der Waals surface area (Å²) >= 11 is 0. The topological polar surface area (TPSA) is 115 Å². The summed E-state index contributed by atoms with van der Waals surface area (Å²) in [7, 11) is 3.84. The zero-order chi connectivity index (χ0) is 27.8. The lowest BCUT2D eigenvalue weighted by atomic mass is 10.0. The molecule has 2 saturated heterocycles. The summed E-state index contributed by atoms with van der Waals surface area (Å²) in [6.45, 7) is 4.26. The molecule has 4 aliphatic heterocycles. The van der Waals surface area contributed by atoms with E-state index in [1.54, 1.807) is 46.5 Å². The molecule has 206 valence electrons. The molecule has 2 N–H and O–H groups in total. The van der Waals surface area contributed by atoms with Crippen LogP contribution in [0.25, 0.3) is 0 Å². The zero-order valence-corrected chi connectivity index (χ0v) is 22.6. The van der Waals surface area contributed by atoms with Crippen LogP contribution >= 0.6 is 0 Å². The Hall–Kier alpha value is -4.12. The molecule has 39 heavy (non-hydrogen) atoms. The third-order valence-corrected chi connectivity index (χ3v) is 7.47. The molecule has 0 aromatic heterocycles. The van der Waals surface area contributed by atoms with Crippen LogP contribution in [0.2, 0.25) is 0 Å². The Morgan fingerprint density at radius 3 is 2.59 bits per heavy atom. The molecule has 0 spiro atoms. The van der Waals surface area contributed by atoms with Crippen molar-refractivity contribution in [2.24, 2.45) is 5.92 Å². The Morgan fingerprint density at radius 1 is 1.15 bits per heavy atom. The highest BCUT2D eigenvalue weighted by atomic mass is 16.8. The highest BCUT2D eigenvalue weighted by molar-refractivity contribution is 6.04. The Labute approximate surface area is 227 Å². The number of nitrogens with zero attached hydrogens (tertiary/aromatic N) is 4. The van der Waals surface area contributed by atoms with Crippen molar-refractivity contribution in [3.05, 3.63) is 65.7 Å². The van der Waals surface area contributed by atoms with Gasteiger partial charge in [-0.25, -0.2) is 10.5 Å². The van der Waals surface area contributed by atoms with E-state index in [4.69, 9.17) is 4.94 Å². The summed E-state index contributed by atoms with van der Waals surface area (Å²) in [4.78, 5) is 63.6. The molecule has 0 bridgehead atoms. The monoisotopic (exact) mass is 534 g/mol. The first-order valence-corrected chi connectivity index (χ1v) is 13.2. The van der Waals surface area contributed by atoms with Gasteiger partial charge in [0.25, 0.3) is 11.8 Å². The first-order chi connectivity index (χ1) is 18.6. The number of hydrogen-bond donors (Lipinski definition) is 2. The Kier molecular flexibility index (Phi) is 7.17. The minimum absolute atomic E-state index is 0.0555. The predicted molar refractivity (Wildman–Crippen MR) is 143 cm³/mol. The van der Waals surface area contributed by atoms with Crippen LogP contribution in [0.15, 0.2) is 60.1 Å². The number of carbonyl (C=O) groups is 4. The van der Waals surface area contributed by atoms with E-state index < -0.39 is 18.1 Å². The fourth-order valence-electron chi connectivity index (χ4n) is 5.52. The van der Waals surface area contributed by atoms with E-state index in [9.17, 15) is 19.2 Å². The van der Waals surface area contributed by atoms with Gasteiger partial charge < -0.3 is 20.0 Å². The van der Waals surface area contributed by atoms with Crippen molar-refractivity contribution >= 4 is 29.2 Å². The van der Waals surface area contributed by atoms with Crippen molar-refractivity contribution in [1.82, 2.24) is 25.7 Å². The van der Waals surface area contributed by atoms with Crippen LogP contribution in [0.5, 0.6) is 0 Å². The fraction of sp³-hybridized carbons (Fsp3) is 0.429. The SMILES string of the molecule is CC(C)C[C@H](NC(=O)c1ccc(N(C)C)cc1)C(=O)N1CC[C@@H]2[C@H]1C(=O)CN2C(=O)C1=CC2=CNON2C=C1. The lowest BCUT2D eigenvalue weighted by Crippen LogP contribution is -2.53. The number of rotatable bonds is 7. The third kappa shape index (κ3) is 5.14. The molecule has 0 aliphatic carbocycles. The number of ketones is 1. The van der Waals surface area contributed by atoms with E-state index in [1.165, 1.54) is 5.06 Å². The Morgan fingerprint density at radius 2 is 1.90 bits per heavy atom. The highest BCUT2D eigenvalue weighted by Crippen LogP contribution is 2.33. The number of likely N-dealkylation sites (tertiary alicyclic amines) is 2. The smallest absolute Gasteiger partial charge is 0.254 e. The minimum Gasteiger partial charge on any atom is -0.378 e. The number of allylic oxidation sites excluding steroid dienone is 1. The maximum Gasteiger partial charge on any atom is 0.254 e. The van der Waals surface area contributed by atoms with Crippen molar-refractivity contribution in [1.29, 1.82) is 0 Å². The second-order valence-corrected chi connectivity index (χ2v) is 10.8. The van der Waals surface area contributed by atoms with Gasteiger partial charge in [-0.15, -0.1) is 0 Å². The number of benzene rings is 1. The van der Waals surface area contributed by atoms with Crippen LogP contribution in [-0.2, 0) is 19.3 Å². The van der Waals surface area contributed by atoms with E-state index in [-0.39, 0.29) is 36.0 Å². The zero-order valence-electron chi connectivity index (χ0n) is 22.6. The molecule has 2 fully saturated rings. The number of fused-ring (bicyclic) bond motifs is 2. The molecule has 1 aromatic rings. The van der Waals surface area contributed by atoms with Crippen LogP contribution < -0.4 is 15.7 Å². The number of hydrogen-bond acceptors (Lipinski definition) is 8. The van der Waals surface area contributed by atoms with Gasteiger partial charge in [-0.05, 0) is 55.2 Å². The molecule has 4 heterocycles. The van der Waals surface area contributed by atoms with Crippen LogP contribution in [0.3, 0.4) is 0 Å². The molecule has 1 aromatic carbocycles. The molecule has 3 atom stereocenters. The largest absolute Gasteiger partial charge is 0.378 e. The fourth-order valence-corrected chi connectivity index (χ4v) is 5.52. The average molecular weight is 535 g/mol. The van der Waals surface area contributed by atoms with Crippen molar-refractivity contribution in [3.63, 3.8) is 0 Å². The van der Waals surface area contributed by atoms with Gasteiger partial charge in [0.1, 0.15) is 12.1 Å². The molecule has 11 nitrogen and oxygen atoms in total. The third-order valence-electron chi connectivity index (χ3n) is 7.47. The Balaban J connectivity index is 1.30. The second kappa shape index (κ2) is 10.6. The van der Waals surface area contributed by atoms with Gasteiger partial charge in [-0.3, -0.25) is 19.2 Å². The van der Waals surface area contributed by atoms with E-state index in [0.29, 0.717) is 36.2 Å². The van der Waals surface area contributed by atoms with Crippen molar-refractivity contribution < 1.29 is 24.1 Å². The molecule has 0 saturated carbocycles. The normalized spacial score (nSPS) is 22.3. The van der Waals surface area contributed by atoms with Gasteiger partial charge in [-0.2, -0.15) is 4.94 Å². The molecule has 0 radical (unpaired) electrons. The molecular weight excluding hydrogens is 500 g/mol. The summed E-state index contributed by atoms with van der Waals surface area (Å²) in [5.41, 5.74) is 5.16. The number of carbonyl (C=O) groups excluding carboxylic acids is 4. The lowest BCUT2D eigenvalue weighted by Gasteiger charge is -2.29. The van der Waals surface area contributed by atoms with Crippen molar-refractivity contribution in [3.8, 4) is 0 Å². The molecule has 11 heteroatoms. The maximum absolute atomic E-state index is 13.8. The quantitative estimate of drug-likeness (QED) is 0.539. The van der Waals surface area contributed by atoms with Crippen LogP contribution in [0.1, 0.15) is 37.0 Å². The average Bonchev–Trinajstić information content (AvgIpc) is 3.63. The van der Waals surface area contributed by atoms with Gasteiger partial charge >= 0.3 is 0 Å². The first-order valence-electron chi connectivity index (χ1n) is 13.2. The summed E-state index contributed by atoms with van der Waals surface area (Å²) < 4.78 is 0. The standard InChI is InChI=1S/C28H34N6O5/c1-17(2)13-22(30-26(36)18-5-7-20(8-6-18)31(3)4)28(38)32-11-10-23-25(32)24(35)16-33(23)27(37)19-9-12-34-21(14-19)15-29-39-34/h5-9,12,14-15,17,22-23,25,29H,10-11,13,16H2,1-4H3,(H,30,36)/t22-,23+,25-/m0/s1. The first kappa shape index (κ1) is 26.5. The number of Topliss-reactive ketones (excluding diaryl/α,β-unsaturated/α-hetero) is 1. The van der Waals surface area contributed by atoms with Gasteiger partial charge in [-0.1, -0.05) is 13.8 Å². The van der Waals surface area contributed by atoms with E-state index in [1.807, 2.05) is 45.0 Å².